The molecule has 1 amide bonds. The molecule has 8 heteroatoms. The van der Waals surface area contributed by atoms with E-state index in [0.717, 1.165) is 9.31 Å². The summed E-state index contributed by atoms with van der Waals surface area (Å²) in [5.41, 5.74) is 6.62. The van der Waals surface area contributed by atoms with Crippen LogP contribution in [0.25, 0.3) is 0 Å². The van der Waals surface area contributed by atoms with Crippen LogP contribution in [0.5, 0.6) is 0 Å². The standard InChI is InChI=1S/C12H11N3O3S2/c1-7-14-9(6-19-7)5-15-12(16)10-3-2-8(13)4-11(10)20(15,17)18/h2-4,6H,5,13H2,1H3. The number of carbonyl (C=O) groups excluding carboxylic acids is 1. The molecule has 1 aromatic carbocycles. The fraction of sp³-hybridized carbons (Fsp3) is 0.167. The van der Waals surface area contributed by atoms with Gasteiger partial charge in [-0.1, -0.05) is 0 Å². The topological polar surface area (TPSA) is 93.4 Å². The Morgan fingerprint density at radius 1 is 1.40 bits per heavy atom. The number of amides is 1. The van der Waals surface area contributed by atoms with Crippen molar-refractivity contribution in [3.63, 3.8) is 0 Å². The number of nitrogens with zero attached hydrogens (tertiary/aromatic N) is 2. The highest BCUT2D eigenvalue weighted by Crippen LogP contribution is 2.32. The molecule has 2 heterocycles. The van der Waals surface area contributed by atoms with Crippen LogP contribution in [0.4, 0.5) is 5.69 Å². The summed E-state index contributed by atoms with van der Waals surface area (Å²) < 4.78 is 25.6. The zero-order valence-corrected chi connectivity index (χ0v) is 12.2. The molecule has 3 rings (SSSR count). The van der Waals surface area contributed by atoms with Gasteiger partial charge in [0.05, 0.1) is 22.8 Å². The van der Waals surface area contributed by atoms with Gasteiger partial charge in [0.25, 0.3) is 15.9 Å². The Bertz CT molecular complexity index is 811. The minimum atomic E-state index is -3.84. The van der Waals surface area contributed by atoms with Gasteiger partial charge in [-0.3, -0.25) is 4.79 Å². The van der Waals surface area contributed by atoms with Gasteiger partial charge in [-0.2, -0.15) is 0 Å². The zero-order chi connectivity index (χ0) is 14.5. The van der Waals surface area contributed by atoms with Crippen molar-refractivity contribution in [1.29, 1.82) is 0 Å². The van der Waals surface area contributed by atoms with Crippen molar-refractivity contribution in [2.75, 3.05) is 5.73 Å². The molecule has 20 heavy (non-hydrogen) atoms. The summed E-state index contributed by atoms with van der Waals surface area (Å²) in [6.45, 7) is 1.77. The molecule has 0 atom stereocenters. The number of carbonyl (C=O) groups is 1. The SMILES string of the molecule is Cc1nc(CN2C(=O)c3ccc(N)cc3S2(=O)=O)cs1. The van der Waals surface area contributed by atoms with Gasteiger partial charge < -0.3 is 5.73 Å². The number of anilines is 1. The number of thiazole rings is 1. The first-order chi connectivity index (χ1) is 9.39. The first-order valence-electron chi connectivity index (χ1n) is 5.77. The number of benzene rings is 1. The Labute approximate surface area is 119 Å². The molecule has 0 radical (unpaired) electrons. The molecule has 0 saturated heterocycles. The monoisotopic (exact) mass is 309 g/mol. The number of fused-ring (bicyclic) bond motifs is 1. The largest absolute Gasteiger partial charge is 0.399 e. The predicted molar refractivity (Wildman–Crippen MR) is 74.8 cm³/mol. The lowest BCUT2D eigenvalue weighted by molar-refractivity contribution is 0.0864. The number of sulfonamides is 1. The molecule has 6 nitrogen and oxygen atoms in total. The Hall–Kier alpha value is -1.93. The number of aromatic nitrogens is 1. The molecule has 0 saturated carbocycles. The summed E-state index contributed by atoms with van der Waals surface area (Å²) in [5, 5.41) is 2.57. The van der Waals surface area contributed by atoms with E-state index in [1.54, 1.807) is 5.38 Å². The second-order valence-electron chi connectivity index (χ2n) is 4.43. The number of aryl methyl sites for hydroxylation is 1. The van der Waals surface area contributed by atoms with Gasteiger partial charge in [-0.25, -0.2) is 17.7 Å². The summed E-state index contributed by atoms with van der Waals surface area (Å²) in [7, 11) is -3.84. The average molecular weight is 309 g/mol. The van der Waals surface area contributed by atoms with Crippen LogP contribution in [-0.2, 0) is 16.6 Å². The average Bonchev–Trinajstić information content (AvgIpc) is 2.86. The fourth-order valence-electron chi connectivity index (χ4n) is 2.08. The van der Waals surface area contributed by atoms with Crippen molar-refractivity contribution in [3.8, 4) is 0 Å². The van der Waals surface area contributed by atoms with Gasteiger partial charge >= 0.3 is 0 Å². The summed E-state index contributed by atoms with van der Waals surface area (Å²) in [6.07, 6.45) is 0. The molecular formula is C12H11N3O3S2. The van der Waals surface area contributed by atoms with Crippen molar-refractivity contribution >= 4 is 33.0 Å². The lowest BCUT2D eigenvalue weighted by atomic mass is 10.2. The van der Waals surface area contributed by atoms with E-state index < -0.39 is 15.9 Å². The molecular weight excluding hydrogens is 298 g/mol. The van der Waals surface area contributed by atoms with Gasteiger partial charge in [-0.15, -0.1) is 11.3 Å². The molecule has 104 valence electrons. The fourth-order valence-corrected chi connectivity index (χ4v) is 4.25. The smallest absolute Gasteiger partial charge is 0.269 e. The summed E-state index contributed by atoms with van der Waals surface area (Å²) in [5.74, 6) is -0.536. The summed E-state index contributed by atoms with van der Waals surface area (Å²) in [4.78, 5) is 16.4. The third-order valence-corrected chi connectivity index (χ3v) is 5.59. The molecule has 2 aromatic rings. The number of nitrogens with two attached hydrogens (primary N) is 1. The lowest BCUT2D eigenvalue weighted by Crippen LogP contribution is -2.29. The van der Waals surface area contributed by atoms with Crippen LogP contribution in [0.1, 0.15) is 21.1 Å². The Morgan fingerprint density at radius 3 is 2.80 bits per heavy atom. The van der Waals surface area contributed by atoms with Crippen LogP contribution in [0.3, 0.4) is 0 Å². The molecule has 1 aromatic heterocycles. The van der Waals surface area contributed by atoms with E-state index >= 15 is 0 Å². The maximum Gasteiger partial charge on any atom is 0.269 e. The van der Waals surface area contributed by atoms with Crippen molar-refractivity contribution in [2.45, 2.75) is 18.4 Å². The van der Waals surface area contributed by atoms with Crippen LogP contribution < -0.4 is 5.73 Å². The first kappa shape index (κ1) is 13.1. The van der Waals surface area contributed by atoms with Gasteiger partial charge in [0.2, 0.25) is 0 Å². The highest BCUT2D eigenvalue weighted by Gasteiger charge is 2.41. The first-order valence-corrected chi connectivity index (χ1v) is 8.09. The van der Waals surface area contributed by atoms with Gasteiger partial charge in [0, 0.05) is 11.1 Å². The summed E-state index contributed by atoms with van der Waals surface area (Å²) >= 11 is 1.41. The van der Waals surface area contributed by atoms with E-state index in [1.165, 1.54) is 29.5 Å². The Morgan fingerprint density at radius 2 is 2.15 bits per heavy atom. The maximum absolute atomic E-state index is 12.4. The molecule has 1 aliphatic rings. The normalized spacial score (nSPS) is 16.4. The van der Waals surface area contributed by atoms with Crippen molar-refractivity contribution in [2.24, 2.45) is 0 Å². The number of nitrogen functional groups attached to an aromatic ring is 1. The minimum absolute atomic E-state index is 0.0329. The van der Waals surface area contributed by atoms with E-state index in [4.69, 9.17) is 5.73 Å². The quantitative estimate of drug-likeness (QED) is 0.846. The molecule has 0 aliphatic carbocycles. The van der Waals surface area contributed by atoms with Crippen LogP contribution in [0.15, 0.2) is 28.5 Å². The van der Waals surface area contributed by atoms with E-state index in [1.807, 2.05) is 6.92 Å². The second-order valence-corrected chi connectivity index (χ2v) is 7.32. The van der Waals surface area contributed by atoms with Crippen LogP contribution in [0, 0.1) is 6.92 Å². The van der Waals surface area contributed by atoms with Crippen molar-refractivity contribution in [3.05, 3.63) is 39.8 Å². The van der Waals surface area contributed by atoms with Gasteiger partial charge in [-0.05, 0) is 25.1 Å². The molecule has 2 N–H and O–H groups in total. The number of rotatable bonds is 2. The lowest BCUT2D eigenvalue weighted by Gasteiger charge is -2.13. The van der Waals surface area contributed by atoms with Crippen LogP contribution in [-0.4, -0.2) is 23.6 Å². The molecule has 1 aliphatic heterocycles. The second kappa shape index (κ2) is 4.29. The van der Waals surface area contributed by atoms with Crippen molar-refractivity contribution < 1.29 is 13.2 Å². The van der Waals surface area contributed by atoms with E-state index in [-0.39, 0.29) is 17.0 Å². The third kappa shape index (κ3) is 1.88. The maximum atomic E-state index is 12.4. The summed E-state index contributed by atoms with van der Waals surface area (Å²) in [6, 6.07) is 4.27. The Kier molecular flexibility index (Phi) is 2.80. The highest BCUT2D eigenvalue weighted by molar-refractivity contribution is 7.90. The van der Waals surface area contributed by atoms with Crippen LogP contribution >= 0.6 is 11.3 Å². The van der Waals surface area contributed by atoms with Gasteiger partial charge in [0.15, 0.2) is 0 Å². The third-order valence-electron chi connectivity index (χ3n) is 3.00. The zero-order valence-electron chi connectivity index (χ0n) is 10.5. The van der Waals surface area contributed by atoms with E-state index in [0.29, 0.717) is 11.4 Å². The number of hydrogen-bond acceptors (Lipinski definition) is 6. The number of hydrogen-bond donors (Lipinski definition) is 1. The van der Waals surface area contributed by atoms with Gasteiger partial charge in [0.1, 0.15) is 4.90 Å². The highest BCUT2D eigenvalue weighted by atomic mass is 32.2. The minimum Gasteiger partial charge on any atom is -0.399 e. The molecule has 0 spiro atoms. The predicted octanol–water partition coefficient (Wildman–Crippen LogP) is 1.38. The van der Waals surface area contributed by atoms with Crippen LogP contribution in [0.2, 0.25) is 0 Å². The molecule has 0 bridgehead atoms. The Balaban J connectivity index is 2.05. The molecule has 0 unspecified atom stereocenters. The van der Waals surface area contributed by atoms with Crippen molar-refractivity contribution in [1.82, 2.24) is 9.29 Å². The van der Waals surface area contributed by atoms with E-state index in [2.05, 4.69) is 4.98 Å². The molecule has 0 fully saturated rings. The van der Waals surface area contributed by atoms with E-state index in [9.17, 15) is 13.2 Å².